The number of anilines is 1. The summed E-state index contributed by atoms with van der Waals surface area (Å²) in [4.78, 5) is 14.3. The maximum absolute atomic E-state index is 12.5. The molecule has 2 heterocycles. The first-order valence-electron chi connectivity index (χ1n) is 5.88. The third-order valence-electron chi connectivity index (χ3n) is 3.23. The van der Waals surface area contributed by atoms with Crippen molar-refractivity contribution in [3.05, 3.63) is 29.8 Å². The van der Waals surface area contributed by atoms with Crippen molar-refractivity contribution in [2.24, 2.45) is 0 Å². The van der Waals surface area contributed by atoms with Crippen LogP contribution in [0, 0.1) is 0 Å². The Kier molecular flexibility index (Phi) is 2.24. The Hall–Kier alpha value is -1.39. The molecule has 4 heteroatoms. The lowest BCUT2D eigenvalue weighted by atomic mass is 10.1. The highest BCUT2D eigenvalue weighted by Crippen LogP contribution is 2.46. The summed E-state index contributed by atoms with van der Waals surface area (Å²) in [7, 11) is 0. The molecule has 1 fully saturated rings. The summed E-state index contributed by atoms with van der Waals surface area (Å²) in [6, 6.07) is 7.77. The second-order valence-electron chi connectivity index (χ2n) is 4.60. The number of fused-ring (bicyclic) bond motifs is 2. The highest BCUT2D eigenvalue weighted by Gasteiger charge is 2.56. The van der Waals surface area contributed by atoms with Crippen LogP contribution in [0.2, 0.25) is 0 Å². The van der Waals surface area contributed by atoms with Crippen LogP contribution in [-0.2, 0) is 20.1 Å². The van der Waals surface area contributed by atoms with E-state index < -0.39 is 5.79 Å². The Morgan fingerprint density at radius 2 is 1.88 bits per heavy atom. The SMILES string of the molecule is CC(C)N1C(=O)C2(OCCO2)c2ccccc21. The fourth-order valence-corrected chi connectivity index (χ4v) is 2.55. The normalized spacial score (nSPS) is 21.6. The van der Waals surface area contributed by atoms with Crippen LogP contribution in [-0.4, -0.2) is 25.2 Å². The number of nitrogens with zero attached hydrogens (tertiary/aromatic N) is 1. The topological polar surface area (TPSA) is 38.8 Å². The number of hydrogen-bond acceptors (Lipinski definition) is 3. The molecule has 1 amide bonds. The van der Waals surface area contributed by atoms with Crippen molar-refractivity contribution < 1.29 is 14.3 Å². The van der Waals surface area contributed by atoms with E-state index in [4.69, 9.17) is 9.47 Å². The number of para-hydroxylation sites is 1. The van der Waals surface area contributed by atoms with Crippen LogP contribution in [0.3, 0.4) is 0 Å². The number of carbonyl (C=O) groups is 1. The number of benzene rings is 1. The zero-order chi connectivity index (χ0) is 12.0. The van der Waals surface area contributed by atoms with Gasteiger partial charge in [-0.1, -0.05) is 18.2 Å². The zero-order valence-corrected chi connectivity index (χ0v) is 9.97. The van der Waals surface area contributed by atoms with E-state index in [1.54, 1.807) is 4.90 Å². The second-order valence-corrected chi connectivity index (χ2v) is 4.60. The molecule has 0 N–H and O–H groups in total. The molecule has 0 aliphatic carbocycles. The van der Waals surface area contributed by atoms with Crippen molar-refractivity contribution in [1.82, 2.24) is 0 Å². The minimum absolute atomic E-state index is 0.0934. The van der Waals surface area contributed by atoms with Gasteiger partial charge >= 0.3 is 0 Å². The van der Waals surface area contributed by atoms with Gasteiger partial charge in [-0.15, -0.1) is 0 Å². The summed E-state index contributed by atoms with van der Waals surface area (Å²) >= 11 is 0. The monoisotopic (exact) mass is 233 g/mol. The molecular formula is C13H15NO3. The van der Waals surface area contributed by atoms with Gasteiger partial charge in [0.2, 0.25) is 0 Å². The third kappa shape index (κ3) is 1.28. The molecule has 0 unspecified atom stereocenters. The summed E-state index contributed by atoms with van der Waals surface area (Å²) in [6.45, 7) is 4.91. The van der Waals surface area contributed by atoms with E-state index in [1.165, 1.54) is 0 Å². The molecule has 0 atom stereocenters. The highest BCUT2D eigenvalue weighted by atomic mass is 16.7. The van der Waals surface area contributed by atoms with Gasteiger partial charge in [-0.2, -0.15) is 0 Å². The number of ether oxygens (including phenoxy) is 2. The van der Waals surface area contributed by atoms with Crippen molar-refractivity contribution in [3.8, 4) is 0 Å². The van der Waals surface area contributed by atoms with Crippen molar-refractivity contribution in [2.45, 2.75) is 25.7 Å². The first kappa shape index (κ1) is 10.7. The molecule has 1 aromatic carbocycles. The summed E-state index contributed by atoms with van der Waals surface area (Å²) < 4.78 is 11.2. The van der Waals surface area contributed by atoms with Gasteiger partial charge in [-0.3, -0.25) is 4.79 Å². The quantitative estimate of drug-likeness (QED) is 0.740. The number of rotatable bonds is 1. The molecular weight excluding hydrogens is 218 g/mol. The predicted molar refractivity (Wildman–Crippen MR) is 62.6 cm³/mol. The van der Waals surface area contributed by atoms with E-state index >= 15 is 0 Å². The molecule has 2 aliphatic rings. The Labute approximate surface area is 100 Å². The molecule has 0 bridgehead atoms. The van der Waals surface area contributed by atoms with E-state index in [0.29, 0.717) is 13.2 Å². The Bertz CT molecular complexity index is 463. The van der Waals surface area contributed by atoms with Crippen LogP contribution in [0.25, 0.3) is 0 Å². The van der Waals surface area contributed by atoms with E-state index in [0.717, 1.165) is 11.3 Å². The molecule has 90 valence electrons. The molecule has 1 spiro atoms. The average Bonchev–Trinajstić information content (AvgIpc) is 2.87. The van der Waals surface area contributed by atoms with E-state index in [9.17, 15) is 4.79 Å². The van der Waals surface area contributed by atoms with Gasteiger partial charge in [0.25, 0.3) is 11.7 Å². The average molecular weight is 233 g/mol. The van der Waals surface area contributed by atoms with Gasteiger partial charge in [0.15, 0.2) is 0 Å². The molecule has 1 aromatic rings. The standard InChI is InChI=1S/C13H15NO3/c1-9(2)14-11-6-4-3-5-10(11)13(12(14)15)16-7-8-17-13/h3-6,9H,7-8H2,1-2H3. The predicted octanol–water partition coefficient (Wildman–Crippen LogP) is 1.64. The minimum atomic E-state index is -1.18. The zero-order valence-electron chi connectivity index (χ0n) is 9.97. The van der Waals surface area contributed by atoms with E-state index in [2.05, 4.69) is 0 Å². The fraction of sp³-hybridized carbons (Fsp3) is 0.462. The minimum Gasteiger partial charge on any atom is -0.336 e. The number of hydrogen-bond donors (Lipinski definition) is 0. The van der Waals surface area contributed by atoms with Crippen molar-refractivity contribution in [2.75, 3.05) is 18.1 Å². The largest absolute Gasteiger partial charge is 0.336 e. The van der Waals surface area contributed by atoms with E-state index in [1.807, 2.05) is 38.1 Å². The third-order valence-corrected chi connectivity index (χ3v) is 3.23. The number of amides is 1. The molecule has 0 saturated carbocycles. The van der Waals surface area contributed by atoms with Crippen LogP contribution >= 0.6 is 0 Å². The smallest absolute Gasteiger partial charge is 0.292 e. The summed E-state index contributed by atoms with van der Waals surface area (Å²) in [5, 5.41) is 0. The molecule has 2 aliphatic heterocycles. The van der Waals surface area contributed by atoms with Gasteiger partial charge < -0.3 is 14.4 Å². The van der Waals surface area contributed by atoms with Gasteiger partial charge in [0.05, 0.1) is 18.9 Å². The van der Waals surface area contributed by atoms with Gasteiger partial charge in [0, 0.05) is 11.6 Å². The summed E-state index contributed by atoms with van der Waals surface area (Å²) in [5.74, 6) is -1.29. The van der Waals surface area contributed by atoms with Gasteiger partial charge in [-0.05, 0) is 19.9 Å². The van der Waals surface area contributed by atoms with Crippen LogP contribution in [0.5, 0.6) is 0 Å². The Morgan fingerprint density at radius 1 is 1.24 bits per heavy atom. The first-order chi connectivity index (χ1) is 8.17. The highest BCUT2D eigenvalue weighted by molar-refractivity contribution is 6.06. The Morgan fingerprint density at radius 3 is 2.53 bits per heavy atom. The molecule has 0 aromatic heterocycles. The van der Waals surface area contributed by atoms with Crippen LogP contribution in [0.15, 0.2) is 24.3 Å². The molecule has 1 saturated heterocycles. The first-order valence-corrected chi connectivity index (χ1v) is 5.88. The van der Waals surface area contributed by atoms with Crippen LogP contribution in [0.4, 0.5) is 5.69 Å². The van der Waals surface area contributed by atoms with E-state index in [-0.39, 0.29) is 11.9 Å². The number of carbonyl (C=O) groups excluding carboxylic acids is 1. The fourth-order valence-electron chi connectivity index (χ4n) is 2.55. The molecule has 4 nitrogen and oxygen atoms in total. The lowest BCUT2D eigenvalue weighted by Crippen LogP contribution is -2.44. The molecule has 0 radical (unpaired) electrons. The van der Waals surface area contributed by atoms with Crippen LogP contribution in [0.1, 0.15) is 19.4 Å². The maximum Gasteiger partial charge on any atom is 0.292 e. The van der Waals surface area contributed by atoms with Crippen LogP contribution < -0.4 is 4.90 Å². The summed E-state index contributed by atoms with van der Waals surface area (Å²) in [6.07, 6.45) is 0. The second kappa shape index (κ2) is 3.55. The van der Waals surface area contributed by atoms with Gasteiger partial charge in [0.1, 0.15) is 0 Å². The molecule has 3 rings (SSSR count). The summed E-state index contributed by atoms with van der Waals surface area (Å²) in [5.41, 5.74) is 1.73. The molecule has 17 heavy (non-hydrogen) atoms. The lowest BCUT2D eigenvalue weighted by molar-refractivity contribution is -0.181. The van der Waals surface area contributed by atoms with Gasteiger partial charge in [-0.25, -0.2) is 0 Å². The Balaban J connectivity index is 2.18. The van der Waals surface area contributed by atoms with Crippen molar-refractivity contribution >= 4 is 11.6 Å². The van der Waals surface area contributed by atoms with Crippen molar-refractivity contribution in [1.29, 1.82) is 0 Å². The van der Waals surface area contributed by atoms with Crippen molar-refractivity contribution in [3.63, 3.8) is 0 Å². The maximum atomic E-state index is 12.5. The lowest BCUT2D eigenvalue weighted by Gasteiger charge is -2.24.